The summed E-state index contributed by atoms with van der Waals surface area (Å²) >= 11 is 3.35. The minimum atomic E-state index is -2.53. The Morgan fingerprint density at radius 1 is 1.00 bits per heavy atom. The van der Waals surface area contributed by atoms with E-state index < -0.39 is 17.2 Å². The highest BCUT2D eigenvalue weighted by Gasteiger charge is 2.11. The first-order valence-corrected chi connectivity index (χ1v) is 9.09. The number of benzene rings is 2. The minimum absolute atomic E-state index is 0.823. The van der Waals surface area contributed by atoms with Crippen molar-refractivity contribution in [1.82, 2.24) is 0 Å². The molecular weight excluding hydrogens is 331 g/mol. The third-order valence-corrected chi connectivity index (χ3v) is 7.03. The lowest BCUT2D eigenvalue weighted by Gasteiger charge is -2.13. The molecule has 0 N–H and O–H groups in total. The monoisotopic (exact) mass is 341 g/mol. The van der Waals surface area contributed by atoms with Crippen LogP contribution >= 0.6 is 23.1 Å². The van der Waals surface area contributed by atoms with Gasteiger partial charge in [-0.25, -0.2) is 0 Å². The van der Waals surface area contributed by atoms with E-state index in [1.807, 2.05) is 55.5 Å². The molecule has 0 saturated carbocycles. The summed E-state index contributed by atoms with van der Waals surface area (Å²) in [4.78, 5) is 24.8. The number of aryl methyl sites for hydroxylation is 1. The van der Waals surface area contributed by atoms with Gasteiger partial charge in [-0.15, -0.1) is 0 Å². The zero-order valence-corrected chi connectivity index (χ0v) is 13.0. The van der Waals surface area contributed by atoms with Crippen LogP contribution in [0.4, 0.5) is 0 Å². The molecule has 2 nitrogen and oxygen atoms in total. The molecule has 0 bridgehead atoms. The van der Waals surface area contributed by atoms with E-state index in [0.717, 1.165) is 19.8 Å². The first-order chi connectivity index (χ1) is 8.59. The topological polar surface area (TPSA) is 46.1 Å². The Labute approximate surface area is 118 Å². The smallest absolute Gasteiger partial charge is 0.0479 e. The van der Waals surface area contributed by atoms with Crippen molar-refractivity contribution in [1.29, 1.82) is 0 Å². The van der Waals surface area contributed by atoms with Gasteiger partial charge in [0.05, 0.1) is 0 Å². The van der Waals surface area contributed by atoms with Crippen LogP contribution in [0.2, 0.25) is 0 Å². The average Bonchev–Trinajstić information content (AvgIpc) is 2.34. The van der Waals surface area contributed by atoms with Crippen LogP contribution in [-0.2, 0) is 10.1 Å². The lowest BCUT2D eigenvalue weighted by Crippen LogP contribution is -2.08. The van der Waals surface area contributed by atoms with E-state index in [4.69, 9.17) is 0 Å². The second-order valence-electron chi connectivity index (χ2n) is 3.73. The zero-order valence-electron chi connectivity index (χ0n) is 9.67. The normalized spacial score (nSPS) is 12.2. The lowest BCUT2D eigenvalue weighted by atomic mass is 10.2. The highest BCUT2D eigenvalue weighted by molar-refractivity contribution is 9.10. The Morgan fingerprint density at radius 2 is 1.61 bits per heavy atom. The summed E-state index contributed by atoms with van der Waals surface area (Å²) in [6.45, 7) is 1.94. The van der Waals surface area contributed by atoms with Crippen LogP contribution in [0.3, 0.4) is 0 Å². The highest BCUT2D eigenvalue weighted by atomic mass is 79.9. The van der Waals surface area contributed by atoms with Crippen LogP contribution in [0.1, 0.15) is 5.56 Å². The molecule has 1 atom stereocenters. The Hall–Kier alpha value is -0.510. The van der Waals surface area contributed by atoms with E-state index in [0.29, 0.717) is 0 Å². The van der Waals surface area contributed by atoms with Gasteiger partial charge in [-0.1, -0.05) is 34.1 Å². The molecule has 0 amide bonds. The van der Waals surface area contributed by atoms with Gasteiger partial charge in [0.25, 0.3) is 0 Å². The molecule has 0 saturated heterocycles. The molecule has 0 heterocycles. The Kier molecular flexibility index (Phi) is 4.71. The van der Waals surface area contributed by atoms with Gasteiger partial charge in [0.2, 0.25) is 0 Å². The summed E-state index contributed by atoms with van der Waals surface area (Å²) < 4.78 is 0.945. The van der Waals surface area contributed by atoms with E-state index in [1.165, 1.54) is 0 Å². The van der Waals surface area contributed by atoms with Gasteiger partial charge in [0.15, 0.2) is 0 Å². The quantitative estimate of drug-likeness (QED) is 0.788. The van der Waals surface area contributed by atoms with Crippen LogP contribution in [0.15, 0.2) is 62.8 Å². The third kappa shape index (κ3) is 3.08. The van der Waals surface area contributed by atoms with E-state index in [1.54, 1.807) is 0 Å². The second kappa shape index (κ2) is 6.09. The summed E-state index contributed by atoms with van der Waals surface area (Å²) in [5.74, 6) is 0. The molecule has 0 spiro atoms. The van der Waals surface area contributed by atoms with Crippen LogP contribution in [-0.4, -0.2) is 0 Å². The molecule has 2 aromatic carbocycles. The largest absolute Gasteiger partial charge is 0.627 e. The van der Waals surface area contributed by atoms with E-state index in [2.05, 4.69) is 15.9 Å². The molecular formula is C13H11BrO2PS-. The zero-order chi connectivity index (χ0) is 13.1. The number of halogens is 1. The van der Waals surface area contributed by atoms with Gasteiger partial charge in [0.1, 0.15) is 0 Å². The molecule has 2 aromatic rings. The molecule has 0 radical (unpaired) electrons. The number of hydrogen-bond donors (Lipinski definition) is 0. The van der Waals surface area contributed by atoms with Gasteiger partial charge in [0, 0.05) is 31.5 Å². The summed E-state index contributed by atoms with van der Waals surface area (Å²) in [7, 11) is -3.42. The summed E-state index contributed by atoms with van der Waals surface area (Å²) in [6.07, 6.45) is 0. The maximum Gasteiger partial charge on any atom is 0.0479 e. The fraction of sp³-hybridized carbons (Fsp3) is 0.0769. The molecule has 1 unspecified atom stereocenters. The first kappa shape index (κ1) is 13.9. The van der Waals surface area contributed by atoms with Crippen LogP contribution < -0.4 is 9.79 Å². The molecule has 18 heavy (non-hydrogen) atoms. The predicted molar refractivity (Wildman–Crippen MR) is 76.1 cm³/mol. The van der Waals surface area contributed by atoms with Crippen LogP contribution in [0.5, 0.6) is 0 Å². The van der Waals surface area contributed by atoms with Crippen molar-refractivity contribution in [3.63, 3.8) is 0 Å². The maximum absolute atomic E-state index is 11.6. The third-order valence-electron chi connectivity index (χ3n) is 2.49. The summed E-state index contributed by atoms with van der Waals surface area (Å²) in [5, 5.41) is 0. The first-order valence-electron chi connectivity index (χ1n) is 5.29. The molecule has 0 fully saturated rings. The lowest BCUT2D eigenvalue weighted by molar-refractivity contribution is -0.280. The number of rotatable bonds is 2. The van der Waals surface area contributed by atoms with Crippen LogP contribution in [0, 0.1) is 6.92 Å². The van der Waals surface area contributed by atoms with E-state index >= 15 is 0 Å². The van der Waals surface area contributed by atoms with Gasteiger partial charge in [-0.05, 0) is 42.8 Å². The summed E-state index contributed by atoms with van der Waals surface area (Å²) in [6, 6.07) is 15.0. The average molecular weight is 342 g/mol. The highest BCUT2D eigenvalue weighted by Crippen LogP contribution is 2.29. The molecule has 0 aliphatic rings. The van der Waals surface area contributed by atoms with Gasteiger partial charge in [-0.3, -0.25) is 0 Å². The Morgan fingerprint density at radius 3 is 2.17 bits per heavy atom. The van der Waals surface area contributed by atoms with Crippen molar-refractivity contribution in [3.05, 3.63) is 58.6 Å². The van der Waals surface area contributed by atoms with Crippen molar-refractivity contribution >= 4 is 33.2 Å². The second-order valence-corrected chi connectivity index (χ2v) is 8.56. The molecule has 0 aromatic heterocycles. The molecule has 5 heteroatoms. The van der Waals surface area contributed by atoms with Crippen molar-refractivity contribution in [2.24, 2.45) is 0 Å². The van der Waals surface area contributed by atoms with Crippen molar-refractivity contribution in [2.45, 2.75) is 16.7 Å². The fourth-order valence-electron chi connectivity index (χ4n) is 1.63. The summed E-state index contributed by atoms with van der Waals surface area (Å²) in [5.41, 5.74) is 1.00. The molecule has 0 aliphatic carbocycles. The Bertz CT molecular complexity index is 592. The predicted octanol–water partition coefficient (Wildman–Crippen LogP) is 2.74. The van der Waals surface area contributed by atoms with Gasteiger partial charge in [-0.2, -0.15) is 0 Å². The molecule has 2 rings (SSSR count). The van der Waals surface area contributed by atoms with Gasteiger partial charge < -0.3 is 9.79 Å². The Balaban J connectivity index is 2.59. The van der Waals surface area contributed by atoms with Crippen molar-refractivity contribution < 1.29 is 9.79 Å². The van der Waals surface area contributed by atoms with Crippen molar-refractivity contribution in [3.8, 4) is 0 Å². The fourth-order valence-corrected chi connectivity index (χ4v) is 5.43. The van der Waals surface area contributed by atoms with Crippen LogP contribution in [0.25, 0.3) is 0 Å². The van der Waals surface area contributed by atoms with Crippen molar-refractivity contribution in [2.75, 3.05) is 0 Å². The molecule has 94 valence electrons. The SMILES string of the molecule is Cc1ccccc1S(c1ccc(Br)cc1)=[P+]([O-])[O-]. The maximum atomic E-state index is 11.6. The molecule has 0 aliphatic heterocycles. The standard InChI is InChI=1S/C13H12BrO2PS/c1-10-4-2-3-5-13(10)18(17(15)16)12-8-6-11(14)7-9-12/h2-9H,1H3,(H,15,16)/p-1. The minimum Gasteiger partial charge on any atom is -0.627 e. The number of hydrogen-bond acceptors (Lipinski definition) is 2. The van der Waals surface area contributed by atoms with E-state index in [-0.39, 0.29) is 0 Å². The van der Waals surface area contributed by atoms with E-state index in [9.17, 15) is 9.79 Å². The van der Waals surface area contributed by atoms with Gasteiger partial charge >= 0.3 is 0 Å².